The maximum absolute atomic E-state index is 11.9. The summed E-state index contributed by atoms with van der Waals surface area (Å²) in [7, 11) is 0. The number of nitriles is 3. The van der Waals surface area contributed by atoms with Crippen LogP contribution in [0.4, 0.5) is 0 Å². The highest BCUT2D eigenvalue weighted by molar-refractivity contribution is 6.54. The van der Waals surface area contributed by atoms with Crippen molar-refractivity contribution in [1.82, 2.24) is 0 Å². The van der Waals surface area contributed by atoms with Crippen LogP contribution in [0, 0.1) is 39.4 Å². The summed E-state index contributed by atoms with van der Waals surface area (Å²) in [5.74, 6) is -1.76. The summed E-state index contributed by atoms with van der Waals surface area (Å²) in [6.45, 7) is 5.06. The van der Waals surface area contributed by atoms with Crippen molar-refractivity contribution < 1.29 is 9.59 Å². The number of carbonyl (C=O) groups is 2. The Hall–Kier alpha value is -2.71. The summed E-state index contributed by atoms with van der Waals surface area (Å²) in [5, 5.41) is 26.6. The van der Waals surface area contributed by atoms with Gasteiger partial charge in [0.1, 0.15) is 23.8 Å². The molecule has 0 aromatic heterocycles. The number of hydrogen-bond acceptors (Lipinski definition) is 5. The second kappa shape index (κ2) is 4.28. The molecule has 0 atom stereocenters. The number of Topliss-reactive ketones (excluding diaryl/α,β-unsaturated/α-hetero) is 2. The van der Waals surface area contributed by atoms with E-state index in [1.165, 1.54) is 0 Å². The number of ketones is 2. The van der Waals surface area contributed by atoms with Crippen LogP contribution >= 0.6 is 0 Å². The fourth-order valence-corrected chi connectivity index (χ4v) is 1.78. The third kappa shape index (κ3) is 1.81. The van der Waals surface area contributed by atoms with E-state index in [1.54, 1.807) is 39.0 Å². The Morgan fingerprint density at radius 1 is 1.00 bits per heavy atom. The van der Waals surface area contributed by atoms with Crippen LogP contribution in [0.1, 0.15) is 20.8 Å². The minimum Gasteiger partial charge on any atom is -0.285 e. The van der Waals surface area contributed by atoms with Crippen LogP contribution in [0.25, 0.3) is 0 Å². The van der Waals surface area contributed by atoms with Gasteiger partial charge in [-0.15, -0.1) is 0 Å². The molecule has 1 rings (SSSR count). The predicted molar refractivity (Wildman–Crippen MR) is 60.4 cm³/mol. The van der Waals surface area contributed by atoms with Gasteiger partial charge in [0, 0.05) is 5.57 Å². The Bertz CT molecular complexity index is 622. The minimum atomic E-state index is -0.949. The van der Waals surface area contributed by atoms with Crippen LogP contribution in [-0.4, -0.2) is 11.6 Å². The SMILES string of the molecule is CC(C)(C)C1=C(C#N)C(=C(C#N)C#N)C(=O)C1=O. The van der Waals surface area contributed by atoms with Gasteiger partial charge in [-0.2, -0.15) is 15.8 Å². The smallest absolute Gasteiger partial charge is 0.236 e. The summed E-state index contributed by atoms with van der Waals surface area (Å²) in [6, 6.07) is 4.84. The largest absolute Gasteiger partial charge is 0.285 e. The van der Waals surface area contributed by atoms with Gasteiger partial charge in [0.25, 0.3) is 0 Å². The van der Waals surface area contributed by atoms with Gasteiger partial charge in [-0.25, -0.2) is 0 Å². The van der Waals surface area contributed by atoms with Gasteiger partial charge < -0.3 is 0 Å². The Morgan fingerprint density at radius 2 is 1.50 bits per heavy atom. The molecule has 5 nitrogen and oxygen atoms in total. The van der Waals surface area contributed by atoms with E-state index < -0.39 is 22.6 Å². The predicted octanol–water partition coefficient (Wildman–Crippen LogP) is 1.35. The number of carbonyl (C=O) groups excluding carboxylic acids is 2. The van der Waals surface area contributed by atoms with Crippen LogP contribution in [0.15, 0.2) is 22.3 Å². The third-order valence-electron chi connectivity index (χ3n) is 2.50. The van der Waals surface area contributed by atoms with E-state index in [9.17, 15) is 9.59 Å². The summed E-state index contributed by atoms with van der Waals surface area (Å²) in [4.78, 5) is 23.6. The van der Waals surface area contributed by atoms with Crippen molar-refractivity contribution in [2.75, 3.05) is 0 Å². The maximum atomic E-state index is 11.9. The zero-order valence-electron chi connectivity index (χ0n) is 10.2. The van der Waals surface area contributed by atoms with E-state index in [1.807, 2.05) is 0 Å². The lowest BCUT2D eigenvalue weighted by Gasteiger charge is -2.18. The lowest BCUT2D eigenvalue weighted by Crippen LogP contribution is -2.19. The molecule has 0 N–H and O–H groups in total. The van der Waals surface area contributed by atoms with E-state index in [4.69, 9.17) is 15.8 Å². The first-order valence-corrected chi connectivity index (χ1v) is 5.08. The van der Waals surface area contributed by atoms with Gasteiger partial charge in [0.15, 0.2) is 0 Å². The monoisotopic (exact) mass is 239 g/mol. The number of rotatable bonds is 0. The Morgan fingerprint density at radius 3 is 1.83 bits per heavy atom. The molecular weight excluding hydrogens is 230 g/mol. The molecular formula is C13H9N3O2. The van der Waals surface area contributed by atoms with Crippen LogP contribution in [0.2, 0.25) is 0 Å². The van der Waals surface area contributed by atoms with E-state index in [0.29, 0.717) is 0 Å². The average molecular weight is 239 g/mol. The van der Waals surface area contributed by atoms with Gasteiger partial charge in [-0.1, -0.05) is 20.8 Å². The fraction of sp³-hybridized carbons (Fsp3) is 0.308. The molecule has 0 aromatic carbocycles. The van der Waals surface area contributed by atoms with Crippen molar-refractivity contribution in [1.29, 1.82) is 15.8 Å². The van der Waals surface area contributed by atoms with Crippen LogP contribution < -0.4 is 0 Å². The first-order valence-electron chi connectivity index (χ1n) is 5.08. The van der Waals surface area contributed by atoms with Crippen molar-refractivity contribution in [3.63, 3.8) is 0 Å². The Labute approximate surface area is 104 Å². The molecule has 0 aromatic rings. The lowest BCUT2D eigenvalue weighted by molar-refractivity contribution is -0.131. The van der Waals surface area contributed by atoms with E-state index >= 15 is 0 Å². The molecule has 1 aliphatic rings. The summed E-state index contributed by atoms with van der Waals surface area (Å²) in [6.07, 6.45) is 0. The third-order valence-corrected chi connectivity index (χ3v) is 2.50. The maximum Gasteiger partial charge on any atom is 0.236 e. The van der Waals surface area contributed by atoms with Crippen LogP contribution in [0.5, 0.6) is 0 Å². The van der Waals surface area contributed by atoms with Gasteiger partial charge in [-0.3, -0.25) is 9.59 Å². The molecule has 0 saturated heterocycles. The van der Waals surface area contributed by atoms with Crippen molar-refractivity contribution in [3.05, 3.63) is 22.3 Å². The Balaban J connectivity index is 3.79. The molecule has 0 heterocycles. The summed E-state index contributed by atoms with van der Waals surface area (Å²) in [5.41, 5.74) is -1.65. The van der Waals surface area contributed by atoms with Crippen molar-refractivity contribution in [2.45, 2.75) is 20.8 Å². The zero-order chi connectivity index (χ0) is 14.1. The first kappa shape index (κ1) is 13.4. The molecule has 18 heavy (non-hydrogen) atoms. The van der Waals surface area contributed by atoms with Gasteiger partial charge in [-0.05, 0) is 5.41 Å². The highest BCUT2D eigenvalue weighted by atomic mass is 16.2. The number of allylic oxidation sites excluding steroid dienone is 4. The van der Waals surface area contributed by atoms with Gasteiger partial charge >= 0.3 is 0 Å². The molecule has 0 aliphatic heterocycles. The van der Waals surface area contributed by atoms with Crippen LogP contribution in [0.3, 0.4) is 0 Å². The second-order valence-corrected chi connectivity index (χ2v) is 4.74. The van der Waals surface area contributed by atoms with Gasteiger partial charge in [0.2, 0.25) is 11.6 Å². The molecule has 5 heteroatoms. The fourth-order valence-electron chi connectivity index (χ4n) is 1.78. The molecule has 0 fully saturated rings. The molecule has 1 aliphatic carbocycles. The minimum absolute atomic E-state index is 0.0630. The quantitative estimate of drug-likeness (QED) is 0.360. The molecule has 0 bridgehead atoms. The van der Waals surface area contributed by atoms with E-state index in [2.05, 4.69) is 0 Å². The Kier molecular flexibility index (Phi) is 3.17. The van der Waals surface area contributed by atoms with Crippen molar-refractivity contribution in [3.8, 4) is 18.2 Å². The molecule has 0 spiro atoms. The van der Waals surface area contributed by atoms with E-state index in [0.717, 1.165) is 0 Å². The first-order chi connectivity index (χ1) is 8.29. The highest BCUT2D eigenvalue weighted by Gasteiger charge is 2.43. The number of nitrogens with zero attached hydrogens (tertiary/aromatic N) is 3. The van der Waals surface area contributed by atoms with Crippen molar-refractivity contribution in [2.24, 2.45) is 5.41 Å². The average Bonchev–Trinajstić information content (AvgIpc) is 2.54. The zero-order valence-corrected chi connectivity index (χ0v) is 10.2. The van der Waals surface area contributed by atoms with Crippen LogP contribution in [-0.2, 0) is 9.59 Å². The molecule has 0 saturated carbocycles. The number of hydrogen-bond donors (Lipinski definition) is 0. The molecule has 88 valence electrons. The summed E-state index contributed by atoms with van der Waals surface area (Å²) < 4.78 is 0. The topological polar surface area (TPSA) is 106 Å². The summed E-state index contributed by atoms with van der Waals surface area (Å²) >= 11 is 0. The van der Waals surface area contributed by atoms with Crippen molar-refractivity contribution >= 4 is 11.6 Å². The highest BCUT2D eigenvalue weighted by Crippen LogP contribution is 2.38. The van der Waals surface area contributed by atoms with E-state index in [-0.39, 0.29) is 16.7 Å². The van der Waals surface area contributed by atoms with Gasteiger partial charge in [0.05, 0.1) is 11.1 Å². The normalized spacial score (nSPS) is 15.2. The lowest BCUT2D eigenvalue weighted by atomic mass is 9.83. The molecule has 0 amide bonds. The second-order valence-electron chi connectivity index (χ2n) is 4.74. The standard InChI is InChI=1S/C13H9N3O2/c1-13(2,3)10-8(6-16)9(7(4-14)5-15)11(17)12(10)18/h1-3H3. The molecule has 0 radical (unpaired) electrons. The molecule has 0 unspecified atom stereocenters.